The first-order chi connectivity index (χ1) is 12.9. The molecule has 27 heavy (non-hydrogen) atoms. The molecule has 1 nitrogen and oxygen atoms in total. The summed E-state index contributed by atoms with van der Waals surface area (Å²) in [6.45, 7) is 4.06. The Bertz CT molecular complexity index is 965. The fourth-order valence-corrected chi connectivity index (χ4v) is 3.59. The molecule has 0 saturated carbocycles. The molecular weight excluding hydrogens is 376 g/mol. The van der Waals surface area contributed by atoms with E-state index < -0.39 is 23.3 Å². The molecule has 0 fully saturated rings. The molecule has 0 amide bonds. The molecule has 6 heteroatoms. The summed E-state index contributed by atoms with van der Waals surface area (Å²) in [4.78, 5) is 1.53. The third-order valence-corrected chi connectivity index (χ3v) is 5.21. The summed E-state index contributed by atoms with van der Waals surface area (Å²) in [5.74, 6) is -5.01. The maximum atomic E-state index is 14.6. The van der Waals surface area contributed by atoms with Crippen LogP contribution in [0.5, 0.6) is 5.75 Å². The van der Waals surface area contributed by atoms with Gasteiger partial charge in [-0.2, -0.15) is 4.39 Å². The SMILES string of the molecule is CCCCOc1ccc(-c2ccc(-c3ccc(C)s3)c(F)c2F)c(F)c1F. The molecule has 0 aliphatic heterocycles. The van der Waals surface area contributed by atoms with Crippen LogP contribution in [0.25, 0.3) is 21.6 Å². The maximum Gasteiger partial charge on any atom is 0.201 e. The fourth-order valence-electron chi connectivity index (χ4n) is 2.70. The van der Waals surface area contributed by atoms with Crippen LogP contribution in [0, 0.1) is 30.2 Å². The fraction of sp³-hybridized carbons (Fsp3) is 0.238. The number of hydrogen-bond donors (Lipinski definition) is 0. The van der Waals surface area contributed by atoms with Crippen molar-refractivity contribution in [1.82, 2.24) is 0 Å². The van der Waals surface area contributed by atoms with E-state index in [1.54, 1.807) is 12.1 Å². The molecular formula is C21H18F4OS. The van der Waals surface area contributed by atoms with Crippen LogP contribution in [0.1, 0.15) is 24.6 Å². The van der Waals surface area contributed by atoms with Gasteiger partial charge in [-0.1, -0.05) is 19.4 Å². The number of halogens is 4. The number of aryl methyl sites for hydroxylation is 1. The summed E-state index contributed by atoms with van der Waals surface area (Å²) >= 11 is 1.33. The van der Waals surface area contributed by atoms with Gasteiger partial charge in [0.2, 0.25) is 5.82 Å². The Morgan fingerprint density at radius 1 is 0.778 bits per heavy atom. The van der Waals surface area contributed by atoms with Crippen LogP contribution in [0.4, 0.5) is 17.6 Å². The van der Waals surface area contributed by atoms with E-state index in [1.165, 1.54) is 35.6 Å². The van der Waals surface area contributed by atoms with Crippen LogP contribution in [0.15, 0.2) is 36.4 Å². The van der Waals surface area contributed by atoms with Crippen LogP contribution < -0.4 is 4.74 Å². The van der Waals surface area contributed by atoms with Gasteiger partial charge >= 0.3 is 0 Å². The molecule has 0 unspecified atom stereocenters. The number of hydrogen-bond acceptors (Lipinski definition) is 2. The van der Waals surface area contributed by atoms with Crippen molar-refractivity contribution in [2.75, 3.05) is 6.61 Å². The molecule has 0 spiro atoms. The monoisotopic (exact) mass is 394 g/mol. The van der Waals surface area contributed by atoms with Gasteiger partial charge in [0.05, 0.1) is 6.61 Å². The molecule has 1 aromatic heterocycles. The predicted molar refractivity (Wildman–Crippen MR) is 100 cm³/mol. The second-order valence-corrected chi connectivity index (χ2v) is 7.43. The number of rotatable bonds is 6. The molecule has 3 rings (SSSR count). The van der Waals surface area contributed by atoms with Gasteiger partial charge in [0.25, 0.3) is 0 Å². The molecule has 1 heterocycles. The van der Waals surface area contributed by atoms with Crippen molar-refractivity contribution in [2.45, 2.75) is 26.7 Å². The van der Waals surface area contributed by atoms with Crippen molar-refractivity contribution in [1.29, 1.82) is 0 Å². The molecule has 0 aliphatic rings. The third kappa shape index (κ3) is 3.86. The average molecular weight is 394 g/mol. The van der Waals surface area contributed by atoms with Gasteiger partial charge in [-0.05, 0) is 43.7 Å². The van der Waals surface area contributed by atoms with Crippen molar-refractivity contribution < 1.29 is 22.3 Å². The van der Waals surface area contributed by atoms with Gasteiger partial charge in [0.1, 0.15) is 0 Å². The van der Waals surface area contributed by atoms with Crippen LogP contribution in [0.2, 0.25) is 0 Å². The molecule has 0 N–H and O–H groups in total. The topological polar surface area (TPSA) is 9.23 Å². The predicted octanol–water partition coefficient (Wildman–Crippen LogP) is 7.13. The van der Waals surface area contributed by atoms with Gasteiger partial charge in [0, 0.05) is 26.4 Å². The Hall–Kier alpha value is -2.34. The number of thiophene rings is 1. The first kappa shape index (κ1) is 19.4. The normalized spacial score (nSPS) is 11.0. The lowest BCUT2D eigenvalue weighted by Crippen LogP contribution is -2.02. The van der Waals surface area contributed by atoms with E-state index >= 15 is 0 Å². The molecule has 0 saturated heterocycles. The Labute approximate surface area is 159 Å². The molecule has 3 aromatic rings. The summed E-state index contributed by atoms with van der Waals surface area (Å²) in [6.07, 6.45) is 1.55. The summed E-state index contributed by atoms with van der Waals surface area (Å²) < 4.78 is 63.1. The summed E-state index contributed by atoms with van der Waals surface area (Å²) in [5, 5.41) is 0. The number of unbranched alkanes of at least 4 members (excludes halogenated alkanes) is 1. The van der Waals surface area contributed by atoms with E-state index in [2.05, 4.69) is 0 Å². The van der Waals surface area contributed by atoms with Crippen molar-refractivity contribution >= 4 is 11.3 Å². The summed E-state index contributed by atoms with van der Waals surface area (Å²) in [7, 11) is 0. The van der Waals surface area contributed by atoms with E-state index in [4.69, 9.17) is 4.74 Å². The zero-order valence-electron chi connectivity index (χ0n) is 14.9. The molecule has 142 valence electrons. The largest absolute Gasteiger partial charge is 0.490 e. The highest BCUT2D eigenvalue weighted by molar-refractivity contribution is 7.15. The highest BCUT2D eigenvalue weighted by Gasteiger charge is 2.22. The molecule has 0 bridgehead atoms. The van der Waals surface area contributed by atoms with E-state index in [1.807, 2.05) is 13.8 Å². The Morgan fingerprint density at radius 3 is 2.00 bits per heavy atom. The zero-order valence-corrected chi connectivity index (χ0v) is 15.7. The molecule has 2 aromatic carbocycles. The second kappa shape index (κ2) is 8.13. The minimum absolute atomic E-state index is 0.0924. The van der Waals surface area contributed by atoms with E-state index in [0.717, 1.165) is 11.3 Å². The lowest BCUT2D eigenvalue weighted by molar-refractivity contribution is 0.289. The maximum absolute atomic E-state index is 14.6. The summed E-state index contributed by atoms with van der Waals surface area (Å²) in [6, 6.07) is 8.57. The average Bonchev–Trinajstić information content (AvgIpc) is 3.08. The van der Waals surface area contributed by atoms with Crippen molar-refractivity contribution in [2.24, 2.45) is 0 Å². The van der Waals surface area contributed by atoms with Crippen LogP contribution in [0.3, 0.4) is 0 Å². The standard InChI is InChI=1S/C21H18F4OS/c1-3-4-11-26-16-9-8-14(19(23)21(16)25)13-6-7-15(20(24)18(13)22)17-10-5-12(2)27-17/h5-10H,3-4,11H2,1-2H3. The van der Waals surface area contributed by atoms with E-state index in [-0.39, 0.29) is 29.0 Å². The second-order valence-electron chi connectivity index (χ2n) is 6.14. The van der Waals surface area contributed by atoms with Gasteiger partial charge in [-0.25, -0.2) is 13.2 Å². The number of ether oxygens (including phenoxy) is 1. The van der Waals surface area contributed by atoms with E-state index in [9.17, 15) is 17.6 Å². The van der Waals surface area contributed by atoms with Gasteiger partial charge in [-0.15, -0.1) is 11.3 Å². The Balaban J connectivity index is 1.99. The van der Waals surface area contributed by atoms with Crippen LogP contribution in [-0.4, -0.2) is 6.61 Å². The van der Waals surface area contributed by atoms with Gasteiger partial charge in [-0.3, -0.25) is 0 Å². The van der Waals surface area contributed by atoms with E-state index in [0.29, 0.717) is 11.3 Å². The Kier molecular flexibility index (Phi) is 5.85. The highest BCUT2D eigenvalue weighted by Crippen LogP contribution is 2.37. The molecule has 0 radical (unpaired) electrons. The van der Waals surface area contributed by atoms with Crippen molar-refractivity contribution in [3.8, 4) is 27.3 Å². The van der Waals surface area contributed by atoms with Gasteiger partial charge < -0.3 is 4.74 Å². The number of benzene rings is 2. The van der Waals surface area contributed by atoms with Crippen molar-refractivity contribution in [3.63, 3.8) is 0 Å². The van der Waals surface area contributed by atoms with Crippen LogP contribution >= 0.6 is 11.3 Å². The smallest absolute Gasteiger partial charge is 0.201 e. The first-order valence-electron chi connectivity index (χ1n) is 8.60. The Morgan fingerprint density at radius 2 is 1.37 bits per heavy atom. The van der Waals surface area contributed by atoms with Crippen LogP contribution in [-0.2, 0) is 0 Å². The lowest BCUT2D eigenvalue weighted by Gasteiger charge is -2.12. The minimum atomic E-state index is -1.26. The summed E-state index contributed by atoms with van der Waals surface area (Å²) in [5.41, 5.74) is -0.587. The zero-order chi connectivity index (χ0) is 19.6. The van der Waals surface area contributed by atoms with Gasteiger partial charge in [0.15, 0.2) is 23.2 Å². The van der Waals surface area contributed by atoms with Crippen molar-refractivity contribution in [3.05, 3.63) is 64.5 Å². The minimum Gasteiger partial charge on any atom is -0.490 e. The molecule has 0 aliphatic carbocycles. The third-order valence-electron chi connectivity index (χ3n) is 4.18. The highest BCUT2D eigenvalue weighted by atomic mass is 32.1. The molecule has 0 atom stereocenters. The quantitative estimate of drug-likeness (QED) is 0.319. The lowest BCUT2D eigenvalue weighted by atomic mass is 10.0. The first-order valence-corrected chi connectivity index (χ1v) is 9.41.